The first-order chi connectivity index (χ1) is 21.6. The highest BCUT2D eigenvalue weighted by molar-refractivity contribution is 6.13. The molecule has 0 radical (unpaired) electrons. The number of hydrogen-bond donors (Lipinski definition) is 0. The highest BCUT2D eigenvalue weighted by Crippen LogP contribution is 2.43. The molecular formula is C37H32O7. The third kappa shape index (κ3) is 5.90. The van der Waals surface area contributed by atoms with Crippen molar-refractivity contribution in [3.63, 3.8) is 0 Å². The van der Waals surface area contributed by atoms with Gasteiger partial charge in [0.2, 0.25) is 0 Å². The fourth-order valence-electron chi connectivity index (χ4n) is 5.13. The molecule has 7 heteroatoms. The summed E-state index contributed by atoms with van der Waals surface area (Å²) < 4.78 is 35.5. The molecule has 222 valence electrons. The topological polar surface area (TPSA) is 76.4 Å². The Morgan fingerprint density at radius 3 is 1.93 bits per heavy atom. The molecule has 5 aromatic carbocycles. The molecule has 0 fully saturated rings. The molecule has 1 heterocycles. The fourth-order valence-corrected chi connectivity index (χ4v) is 5.13. The lowest BCUT2D eigenvalue weighted by Crippen LogP contribution is -2.04. The molecule has 0 saturated carbocycles. The van der Waals surface area contributed by atoms with E-state index in [0.717, 1.165) is 27.5 Å². The Morgan fingerprint density at radius 1 is 0.659 bits per heavy atom. The third-order valence-corrected chi connectivity index (χ3v) is 7.32. The Hall–Kier alpha value is -5.43. The van der Waals surface area contributed by atoms with Crippen LogP contribution in [0, 0.1) is 0 Å². The Kier molecular flexibility index (Phi) is 8.36. The van der Waals surface area contributed by atoms with Gasteiger partial charge in [-0.3, -0.25) is 0 Å². The van der Waals surface area contributed by atoms with E-state index in [1.54, 1.807) is 33.3 Å². The number of fused-ring (bicyclic) bond motifs is 3. The van der Waals surface area contributed by atoms with E-state index in [0.29, 0.717) is 58.5 Å². The average molecular weight is 589 g/mol. The lowest BCUT2D eigenvalue weighted by atomic mass is 9.98. The molecular weight excluding hydrogens is 556 g/mol. The van der Waals surface area contributed by atoms with Crippen molar-refractivity contribution in [2.75, 3.05) is 20.8 Å². The fraction of sp³-hybridized carbons (Fsp3) is 0.162. The van der Waals surface area contributed by atoms with E-state index >= 15 is 0 Å². The van der Waals surface area contributed by atoms with Crippen molar-refractivity contribution < 1.29 is 32.9 Å². The Bertz CT molecular complexity index is 1910. The van der Waals surface area contributed by atoms with Gasteiger partial charge in [-0.1, -0.05) is 66.7 Å². The monoisotopic (exact) mass is 588 g/mol. The van der Waals surface area contributed by atoms with E-state index < -0.39 is 5.97 Å². The number of benzene rings is 5. The molecule has 0 bridgehead atoms. The molecule has 0 spiro atoms. The van der Waals surface area contributed by atoms with Crippen molar-refractivity contribution in [3.05, 3.63) is 120 Å². The molecule has 0 N–H and O–H groups in total. The highest BCUT2D eigenvalue weighted by Gasteiger charge is 2.21. The molecule has 6 rings (SSSR count). The number of hydrogen-bond acceptors (Lipinski definition) is 7. The van der Waals surface area contributed by atoms with Crippen LogP contribution >= 0.6 is 0 Å². The van der Waals surface area contributed by atoms with E-state index in [9.17, 15) is 4.79 Å². The minimum Gasteiger partial charge on any atom is -0.493 e. The molecule has 0 saturated heterocycles. The van der Waals surface area contributed by atoms with Crippen LogP contribution in [0.25, 0.3) is 33.1 Å². The Morgan fingerprint density at radius 2 is 1.30 bits per heavy atom. The summed E-state index contributed by atoms with van der Waals surface area (Å²) in [4.78, 5) is 13.0. The summed E-state index contributed by atoms with van der Waals surface area (Å²) in [5.74, 6) is 1.85. The van der Waals surface area contributed by atoms with Crippen LogP contribution in [0.3, 0.4) is 0 Å². The summed E-state index contributed by atoms with van der Waals surface area (Å²) in [7, 11) is 3.20. The maximum Gasteiger partial charge on any atom is 0.338 e. The van der Waals surface area contributed by atoms with Crippen LogP contribution in [0.5, 0.6) is 23.0 Å². The number of carbonyl (C=O) groups is 1. The van der Waals surface area contributed by atoms with Gasteiger partial charge in [0.1, 0.15) is 24.4 Å². The van der Waals surface area contributed by atoms with Gasteiger partial charge in [0.05, 0.1) is 26.4 Å². The number of furan rings is 1. The van der Waals surface area contributed by atoms with Crippen molar-refractivity contribution in [2.45, 2.75) is 20.1 Å². The van der Waals surface area contributed by atoms with Crippen LogP contribution in [0.1, 0.15) is 28.4 Å². The van der Waals surface area contributed by atoms with Crippen molar-refractivity contribution in [1.82, 2.24) is 0 Å². The van der Waals surface area contributed by atoms with Crippen molar-refractivity contribution >= 4 is 27.9 Å². The zero-order chi connectivity index (χ0) is 30.5. The molecule has 6 aromatic rings. The lowest BCUT2D eigenvalue weighted by Gasteiger charge is -2.13. The minimum absolute atomic E-state index is 0.259. The summed E-state index contributed by atoms with van der Waals surface area (Å²) in [5, 5.41) is 1.53. The maximum absolute atomic E-state index is 13.0. The van der Waals surface area contributed by atoms with Gasteiger partial charge >= 0.3 is 5.97 Å². The second-order valence-corrected chi connectivity index (χ2v) is 10.1. The Labute approximate surface area is 255 Å². The van der Waals surface area contributed by atoms with Crippen molar-refractivity contribution in [3.8, 4) is 34.1 Å². The van der Waals surface area contributed by atoms with Gasteiger partial charge in [0, 0.05) is 22.4 Å². The standard InChI is InChI=1S/C37H32O7/c1-4-41-37(38)27-17-28(26-15-16-31(33(19-26)39-2)42-22-24-11-7-5-8-12-24)36-30(18-27)29-20-34(40-3)35(21-32(29)44-36)43-23-25-13-9-6-10-14-25/h5-21H,4,22-23H2,1-3H3. The summed E-state index contributed by atoms with van der Waals surface area (Å²) in [5.41, 5.74) is 5.19. The van der Waals surface area contributed by atoms with Crippen LogP contribution in [-0.2, 0) is 18.0 Å². The van der Waals surface area contributed by atoms with Gasteiger partial charge in [-0.05, 0) is 53.9 Å². The first kappa shape index (κ1) is 28.7. The molecule has 0 aliphatic rings. The zero-order valence-corrected chi connectivity index (χ0v) is 24.8. The summed E-state index contributed by atoms with van der Waals surface area (Å²) in [6.45, 7) is 2.82. The van der Waals surface area contributed by atoms with Crippen LogP contribution in [0.4, 0.5) is 0 Å². The number of carbonyl (C=O) groups excluding carboxylic acids is 1. The van der Waals surface area contributed by atoms with Gasteiger partial charge in [-0.15, -0.1) is 0 Å². The second-order valence-electron chi connectivity index (χ2n) is 10.1. The van der Waals surface area contributed by atoms with E-state index in [4.69, 9.17) is 28.1 Å². The summed E-state index contributed by atoms with van der Waals surface area (Å²) in [6.07, 6.45) is 0. The molecule has 0 atom stereocenters. The van der Waals surface area contributed by atoms with Gasteiger partial charge in [0.25, 0.3) is 0 Å². The van der Waals surface area contributed by atoms with Crippen molar-refractivity contribution in [1.29, 1.82) is 0 Å². The van der Waals surface area contributed by atoms with Gasteiger partial charge in [-0.2, -0.15) is 0 Å². The summed E-state index contributed by atoms with van der Waals surface area (Å²) in [6, 6.07) is 32.8. The molecule has 0 amide bonds. The minimum atomic E-state index is -0.422. The van der Waals surface area contributed by atoms with E-state index in [1.807, 2.05) is 91.0 Å². The van der Waals surface area contributed by atoms with E-state index in [-0.39, 0.29) is 6.61 Å². The lowest BCUT2D eigenvalue weighted by molar-refractivity contribution is 0.0526. The predicted octanol–water partition coefficient (Wildman–Crippen LogP) is 8.60. The number of ether oxygens (including phenoxy) is 5. The van der Waals surface area contributed by atoms with Crippen molar-refractivity contribution in [2.24, 2.45) is 0 Å². The highest BCUT2D eigenvalue weighted by atomic mass is 16.5. The molecule has 0 aliphatic carbocycles. The number of methoxy groups -OCH3 is 2. The molecule has 0 unspecified atom stereocenters. The second kappa shape index (κ2) is 12.8. The molecule has 1 aromatic heterocycles. The zero-order valence-electron chi connectivity index (χ0n) is 24.8. The number of esters is 1. The molecule has 7 nitrogen and oxygen atoms in total. The molecule has 0 aliphatic heterocycles. The Balaban J connectivity index is 1.44. The largest absolute Gasteiger partial charge is 0.493 e. The van der Waals surface area contributed by atoms with E-state index in [1.165, 1.54) is 0 Å². The van der Waals surface area contributed by atoms with Gasteiger partial charge < -0.3 is 28.1 Å². The van der Waals surface area contributed by atoms with Crippen LogP contribution < -0.4 is 18.9 Å². The van der Waals surface area contributed by atoms with E-state index in [2.05, 4.69) is 0 Å². The SMILES string of the molecule is CCOC(=O)c1cc(-c2ccc(OCc3ccccc3)c(OC)c2)c2oc3cc(OCc4ccccc4)c(OC)cc3c2c1. The maximum atomic E-state index is 13.0. The van der Waals surface area contributed by atoms with Crippen LogP contribution in [0.15, 0.2) is 108 Å². The van der Waals surface area contributed by atoms with Crippen LogP contribution in [0.2, 0.25) is 0 Å². The summed E-state index contributed by atoms with van der Waals surface area (Å²) >= 11 is 0. The van der Waals surface area contributed by atoms with Gasteiger partial charge in [-0.25, -0.2) is 4.79 Å². The molecule has 44 heavy (non-hydrogen) atoms. The third-order valence-electron chi connectivity index (χ3n) is 7.32. The quantitative estimate of drug-likeness (QED) is 0.140. The first-order valence-corrected chi connectivity index (χ1v) is 14.3. The smallest absolute Gasteiger partial charge is 0.338 e. The number of rotatable bonds is 11. The van der Waals surface area contributed by atoms with Gasteiger partial charge in [0.15, 0.2) is 23.0 Å². The average Bonchev–Trinajstić information content (AvgIpc) is 3.43. The first-order valence-electron chi connectivity index (χ1n) is 14.3. The van der Waals surface area contributed by atoms with Crippen LogP contribution in [-0.4, -0.2) is 26.8 Å². The normalized spacial score (nSPS) is 11.0. The predicted molar refractivity (Wildman–Crippen MR) is 170 cm³/mol.